The van der Waals surface area contributed by atoms with Gasteiger partial charge in [-0.1, -0.05) is 57.9 Å². The van der Waals surface area contributed by atoms with Gasteiger partial charge in [0.2, 0.25) is 0 Å². The van der Waals surface area contributed by atoms with Gasteiger partial charge in [0, 0.05) is 15.2 Å². The van der Waals surface area contributed by atoms with E-state index in [0.29, 0.717) is 22.9 Å². The average molecular weight is 496 g/mol. The molecule has 0 spiro atoms. The van der Waals surface area contributed by atoms with Gasteiger partial charge < -0.3 is 10.1 Å². The zero-order valence-electron chi connectivity index (χ0n) is 17.1. The molecule has 0 heterocycles. The van der Waals surface area contributed by atoms with Crippen molar-refractivity contribution in [3.05, 3.63) is 98.0 Å². The van der Waals surface area contributed by atoms with Crippen molar-refractivity contribution < 1.29 is 9.53 Å². The van der Waals surface area contributed by atoms with Gasteiger partial charge in [0.25, 0.3) is 5.91 Å². The Morgan fingerprint density at radius 1 is 1.16 bits per heavy atom. The quantitative estimate of drug-likeness (QED) is 0.311. The van der Waals surface area contributed by atoms with Gasteiger partial charge in [-0.2, -0.15) is 5.26 Å². The molecule has 0 bridgehead atoms. The lowest BCUT2D eigenvalue weighted by atomic mass is 9.97. The fraction of sp³-hybridized carbons (Fsp3) is 0.120. The van der Waals surface area contributed by atoms with E-state index in [4.69, 9.17) is 16.3 Å². The van der Waals surface area contributed by atoms with E-state index in [2.05, 4.69) is 21.2 Å². The number of anilines is 1. The molecule has 0 unspecified atom stereocenters. The number of carbonyl (C=O) groups excluding carboxylic acids is 1. The number of hydrogen-bond donors (Lipinski definition) is 1. The van der Waals surface area contributed by atoms with E-state index >= 15 is 0 Å². The molecule has 3 aromatic rings. The van der Waals surface area contributed by atoms with Crippen LogP contribution in [0, 0.1) is 18.3 Å². The topological polar surface area (TPSA) is 62.1 Å². The maximum atomic E-state index is 12.7. The molecule has 0 aromatic heterocycles. The minimum Gasteiger partial charge on any atom is -0.497 e. The molecule has 0 saturated carbocycles. The average Bonchev–Trinajstić information content (AvgIpc) is 2.76. The molecule has 0 radical (unpaired) electrons. The van der Waals surface area contributed by atoms with E-state index in [1.165, 1.54) is 0 Å². The number of halogens is 2. The van der Waals surface area contributed by atoms with Crippen LogP contribution < -0.4 is 10.1 Å². The Bertz CT molecular complexity index is 1200. The van der Waals surface area contributed by atoms with Gasteiger partial charge in [-0.25, -0.2) is 0 Å². The predicted molar refractivity (Wildman–Crippen MR) is 128 cm³/mol. The summed E-state index contributed by atoms with van der Waals surface area (Å²) < 4.78 is 6.36. The van der Waals surface area contributed by atoms with Crippen molar-refractivity contribution in [2.45, 2.75) is 13.3 Å². The Labute approximate surface area is 195 Å². The summed E-state index contributed by atoms with van der Waals surface area (Å²) in [5, 5.41) is 12.9. The van der Waals surface area contributed by atoms with Crippen molar-refractivity contribution >= 4 is 45.2 Å². The molecule has 0 aliphatic rings. The van der Waals surface area contributed by atoms with E-state index in [-0.39, 0.29) is 5.57 Å². The van der Waals surface area contributed by atoms with Gasteiger partial charge in [-0.3, -0.25) is 4.79 Å². The van der Waals surface area contributed by atoms with Crippen LogP contribution in [-0.4, -0.2) is 13.0 Å². The summed E-state index contributed by atoms with van der Waals surface area (Å²) in [4.78, 5) is 12.7. The van der Waals surface area contributed by atoms with Crippen LogP contribution in [0.5, 0.6) is 5.75 Å². The molecule has 0 aliphatic carbocycles. The summed E-state index contributed by atoms with van der Waals surface area (Å²) in [6.45, 7) is 1.88. The zero-order chi connectivity index (χ0) is 22.4. The summed E-state index contributed by atoms with van der Waals surface area (Å²) in [5.41, 5.74) is 4.23. The van der Waals surface area contributed by atoms with Crippen molar-refractivity contribution in [3.8, 4) is 11.8 Å². The molecule has 31 heavy (non-hydrogen) atoms. The molecule has 156 valence electrons. The lowest BCUT2D eigenvalue weighted by Crippen LogP contribution is -2.13. The van der Waals surface area contributed by atoms with E-state index in [9.17, 15) is 10.1 Å². The normalized spacial score (nSPS) is 11.0. The van der Waals surface area contributed by atoms with Gasteiger partial charge in [0.05, 0.1) is 7.11 Å². The number of benzene rings is 3. The number of amides is 1. The lowest BCUT2D eigenvalue weighted by molar-refractivity contribution is -0.112. The SMILES string of the molecule is COc1ccc(/C=C(\C#N)C(=O)Nc2ccc(C)c(Cl)c2)c(Cc2ccccc2Br)c1. The fourth-order valence-electron chi connectivity index (χ4n) is 3.02. The number of carbonyl (C=O) groups is 1. The number of nitriles is 1. The zero-order valence-corrected chi connectivity index (χ0v) is 19.4. The smallest absolute Gasteiger partial charge is 0.266 e. The van der Waals surface area contributed by atoms with Crippen LogP contribution in [0.15, 0.2) is 70.7 Å². The molecule has 1 amide bonds. The summed E-state index contributed by atoms with van der Waals surface area (Å²) >= 11 is 9.71. The van der Waals surface area contributed by atoms with Crippen molar-refractivity contribution in [2.24, 2.45) is 0 Å². The van der Waals surface area contributed by atoms with Gasteiger partial charge in [0.15, 0.2) is 0 Å². The Hall–Kier alpha value is -3.07. The molecular formula is C25H20BrClN2O2. The lowest BCUT2D eigenvalue weighted by Gasteiger charge is -2.11. The number of rotatable bonds is 6. The Morgan fingerprint density at radius 3 is 2.61 bits per heavy atom. The van der Waals surface area contributed by atoms with Gasteiger partial charge in [0.1, 0.15) is 17.4 Å². The molecule has 6 heteroatoms. The number of methoxy groups -OCH3 is 1. The van der Waals surface area contributed by atoms with E-state index in [1.54, 1.807) is 25.3 Å². The van der Waals surface area contributed by atoms with Crippen molar-refractivity contribution in [3.63, 3.8) is 0 Å². The van der Waals surface area contributed by atoms with Gasteiger partial charge in [-0.05, 0) is 72.0 Å². The summed E-state index contributed by atoms with van der Waals surface area (Å²) in [7, 11) is 1.61. The standard InChI is InChI=1S/C25H20BrClN2O2/c1-16-7-9-21(14-24(16)27)29-25(30)20(15-28)11-17-8-10-22(31-2)13-19(17)12-18-5-3-4-6-23(18)26/h3-11,13-14H,12H2,1-2H3,(H,29,30)/b20-11+. The van der Waals surface area contributed by atoms with Crippen LogP contribution in [0.2, 0.25) is 5.02 Å². The summed E-state index contributed by atoms with van der Waals surface area (Å²) in [6.07, 6.45) is 2.20. The molecular weight excluding hydrogens is 476 g/mol. The Balaban J connectivity index is 1.93. The highest BCUT2D eigenvalue weighted by molar-refractivity contribution is 9.10. The predicted octanol–water partition coefficient (Wildman–Crippen LogP) is 6.56. The number of hydrogen-bond acceptors (Lipinski definition) is 3. The molecule has 0 atom stereocenters. The molecule has 3 rings (SSSR count). The molecule has 0 fully saturated rings. The maximum absolute atomic E-state index is 12.7. The van der Waals surface area contributed by atoms with Crippen molar-refractivity contribution in [2.75, 3.05) is 12.4 Å². The van der Waals surface area contributed by atoms with Gasteiger partial charge >= 0.3 is 0 Å². The van der Waals surface area contributed by atoms with E-state index in [0.717, 1.165) is 26.7 Å². The second-order valence-electron chi connectivity index (χ2n) is 6.92. The molecule has 4 nitrogen and oxygen atoms in total. The van der Waals surface area contributed by atoms with Crippen LogP contribution >= 0.6 is 27.5 Å². The van der Waals surface area contributed by atoms with Crippen LogP contribution in [0.3, 0.4) is 0 Å². The third kappa shape index (κ3) is 5.75. The Kier molecular flexibility index (Phi) is 7.51. The summed E-state index contributed by atoms with van der Waals surface area (Å²) in [5.74, 6) is 0.210. The van der Waals surface area contributed by atoms with Crippen LogP contribution in [0.1, 0.15) is 22.3 Å². The highest BCUT2D eigenvalue weighted by Gasteiger charge is 2.13. The van der Waals surface area contributed by atoms with Crippen LogP contribution in [0.4, 0.5) is 5.69 Å². The highest BCUT2D eigenvalue weighted by Crippen LogP contribution is 2.26. The molecule has 0 saturated heterocycles. The largest absolute Gasteiger partial charge is 0.497 e. The monoisotopic (exact) mass is 494 g/mol. The van der Waals surface area contributed by atoms with Crippen LogP contribution in [0.25, 0.3) is 6.08 Å². The minimum absolute atomic E-state index is 0.00441. The molecule has 1 N–H and O–H groups in total. The van der Waals surface area contributed by atoms with E-state index in [1.807, 2.05) is 61.5 Å². The Morgan fingerprint density at radius 2 is 1.94 bits per heavy atom. The molecule has 3 aromatic carbocycles. The minimum atomic E-state index is -0.495. The first-order valence-electron chi connectivity index (χ1n) is 9.51. The van der Waals surface area contributed by atoms with Crippen LogP contribution in [-0.2, 0) is 11.2 Å². The van der Waals surface area contributed by atoms with Crippen molar-refractivity contribution in [1.29, 1.82) is 5.26 Å². The number of nitrogens with one attached hydrogen (secondary N) is 1. The summed E-state index contributed by atoms with van der Waals surface area (Å²) in [6, 6.07) is 20.7. The van der Waals surface area contributed by atoms with E-state index < -0.39 is 5.91 Å². The third-order valence-electron chi connectivity index (χ3n) is 4.78. The number of nitrogens with zero attached hydrogens (tertiary/aromatic N) is 1. The first kappa shape index (κ1) is 22.6. The highest BCUT2D eigenvalue weighted by atomic mass is 79.9. The maximum Gasteiger partial charge on any atom is 0.266 e. The van der Waals surface area contributed by atoms with Gasteiger partial charge in [-0.15, -0.1) is 0 Å². The second kappa shape index (κ2) is 10.3. The first-order valence-corrected chi connectivity index (χ1v) is 10.7. The fourth-order valence-corrected chi connectivity index (χ4v) is 3.63. The number of ether oxygens (including phenoxy) is 1. The first-order chi connectivity index (χ1) is 14.9. The number of aryl methyl sites for hydroxylation is 1. The third-order valence-corrected chi connectivity index (χ3v) is 5.96. The second-order valence-corrected chi connectivity index (χ2v) is 8.18. The molecule has 0 aliphatic heterocycles. The van der Waals surface area contributed by atoms with Crippen molar-refractivity contribution in [1.82, 2.24) is 0 Å².